The van der Waals surface area contributed by atoms with Gasteiger partial charge in [0.25, 0.3) is 11.8 Å². The summed E-state index contributed by atoms with van der Waals surface area (Å²) in [4.78, 5) is 27.9. The van der Waals surface area contributed by atoms with Gasteiger partial charge in [-0.2, -0.15) is 5.10 Å². The second kappa shape index (κ2) is 10.9. The number of hydrogen-bond donors (Lipinski definition) is 0. The van der Waals surface area contributed by atoms with E-state index >= 15 is 0 Å². The van der Waals surface area contributed by atoms with Crippen LogP contribution in [0, 0.1) is 0 Å². The maximum atomic E-state index is 13.5. The van der Waals surface area contributed by atoms with Crippen molar-refractivity contribution < 1.29 is 23.8 Å². The molecule has 0 bridgehead atoms. The Kier molecular flexibility index (Phi) is 7.53. The second-order valence-electron chi connectivity index (χ2n) is 8.37. The van der Waals surface area contributed by atoms with Crippen molar-refractivity contribution in [2.75, 3.05) is 34.9 Å². The summed E-state index contributed by atoms with van der Waals surface area (Å²) >= 11 is 0. The molecule has 0 unspecified atom stereocenters. The van der Waals surface area contributed by atoms with Gasteiger partial charge in [0.05, 0.1) is 33.1 Å². The molecule has 2 amide bonds. The zero-order chi connectivity index (χ0) is 25.7. The summed E-state index contributed by atoms with van der Waals surface area (Å²) in [5, 5.41) is 6.17. The Bertz CT molecular complexity index is 1270. The summed E-state index contributed by atoms with van der Waals surface area (Å²) in [5.74, 6) is 1.47. The number of carbonyl (C=O) groups is 2. The SMILES string of the molecule is COc1ccc(C(=O)N(C)CC(=O)N2N=C(c3cccc(OC)c3)C[C@H]2c2ccccc2OC)cc1. The maximum Gasteiger partial charge on any atom is 0.262 e. The average Bonchev–Trinajstić information content (AvgIpc) is 3.38. The van der Waals surface area contributed by atoms with E-state index in [2.05, 4.69) is 0 Å². The molecule has 1 aliphatic heterocycles. The third-order valence-electron chi connectivity index (χ3n) is 6.12. The van der Waals surface area contributed by atoms with Crippen molar-refractivity contribution in [3.63, 3.8) is 0 Å². The standard InChI is InChI=1S/C28H29N3O5/c1-30(28(33)19-12-14-21(34-2)15-13-19)18-27(32)31-25(23-10-5-6-11-26(23)36-4)17-24(29-31)20-8-7-9-22(16-20)35-3/h5-16,25H,17-18H2,1-4H3/t25-/m0/s1. The van der Waals surface area contributed by atoms with Crippen LogP contribution in [0.2, 0.25) is 0 Å². The van der Waals surface area contributed by atoms with Crippen LogP contribution in [0.5, 0.6) is 17.2 Å². The molecule has 4 rings (SSSR count). The fourth-order valence-electron chi connectivity index (χ4n) is 4.20. The molecule has 0 spiro atoms. The summed E-state index contributed by atoms with van der Waals surface area (Å²) in [6.07, 6.45) is 0.495. The molecule has 8 nitrogen and oxygen atoms in total. The first-order valence-corrected chi connectivity index (χ1v) is 11.5. The lowest BCUT2D eigenvalue weighted by Gasteiger charge is -2.26. The molecule has 0 fully saturated rings. The Labute approximate surface area is 210 Å². The Morgan fingerprint density at radius 2 is 1.64 bits per heavy atom. The van der Waals surface area contributed by atoms with Gasteiger partial charge in [-0.1, -0.05) is 30.3 Å². The minimum atomic E-state index is -0.376. The molecule has 8 heteroatoms. The van der Waals surface area contributed by atoms with Gasteiger partial charge >= 0.3 is 0 Å². The second-order valence-corrected chi connectivity index (χ2v) is 8.37. The van der Waals surface area contributed by atoms with E-state index in [0.29, 0.717) is 29.2 Å². The van der Waals surface area contributed by atoms with Gasteiger partial charge in [0.2, 0.25) is 0 Å². The van der Waals surface area contributed by atoms with E-state index in [1.54, 1.807) is 52.6 Å². The van der Waals surface area contributed by atoms with Gasteiger partial charge in [-0.25, -0.2) is 5.01 Å². The summed E-state index contributed by atoms with van der Waals surface area (Å²) in [6.45, 7) is -0.134. The number of likely N-dealkylation sites (N-methyl/N-ethyl adjacent to an activating group) is 1. The predicted octanol–water partition coefficient (Wildman–Crippen LogP) is 4.16. The Morgan fingerprint density at radius 1 is 0.917 bits per heavy atom. The van der Waals surface area contributed by atoms with Crippen molar-refractivity contribution in [1.82, 2.24) is 9.91 Å². The van der Waals surface area contributed by atoms with Gasteiger partial charge in [-0.05, 0) is 42.5 Å². The number of ether oxygens (including phenoxy) is 3. The zero-order valence-corrected chi connectivity index (χ0v) is 20.8. The summed E-state index contributed by atoms with van der Waals surface area (Å²) in [5.41, 5.74) is 2.93. The molecule has 3 aromatic rings. The van der Waals surface area contributed by atoms with Crippen molar-refractivity contribution >= 4 is 17.5 Å². The van der Waals surface area contributed by atoms with Crippen LogP contribution in [-0.2, 0) is 4.79 Å². The first-order valence-electron chi connectivity index (χ1n) is 11.5. The lowest BCUT2D eigenvalue weighted by atomic mass is 9.97. The van der Waals surface area contributed by atoms with Crippen LogP contribution in [0.3, 0.4) is 0 Å². The van der Waals surface area contributed by atoms with Crippen molar-refractivity contribution in [3.05, 3.63) is 89.5 Å². The smallest absolute Gasteiger partial charge is 0.262 e. The summed E-state index contributed by atoms with van der Waals surface area (Å²) < 4.78 is 16.1. The first kappa shape index (κ1) is 24.8. The van der Waals surface area contributed by atoms with Crippen molar-refractivity contribution in [1.29, 1.82) is 0 Å². The molecule has 0 aliphatic carbocycles. The molecule has 0 aromatic heterocycles. The van der Waals surface area contributed by atoms with Crippen molar-refractivity contribution in [2.45, 2.75) is 12.5 Å². The van der Waals surface area contributed by atoms with E-state index in [4.69, 9.17) is 19.3 Å². The van der Waals surface area contributed by atoms with Crippen LogP contribution < -0.4 is 14.2 Å². The molecule has 0 N–H and O–H groups in total. The van der Waals surface area contributed by atoms with Gasteiger partial charge in [0.15, 0.2) is 0 Å². The molecular weight excluding hydrogens is 458 g/mol. The highest BCUT2D eigenvalue weighted by molar-refractivity contribution is 6.04. The van der Waals surface area contributed by atoms with E-state index in [-0.39, 0.29) is 24.4 Å². The number of amides is 2. The Balaban J connectivity index is 1.61. The molecule has 186 valence electrons. The molecule has 36 heavy (non-hydrogen) atoms. The van der Waals surface area contributed by atoms with E-state index in [1.165, 1.54) is 9.91 Å². The lowest BCUT2D eigenvalue weighted by molar-refractivity contribution is -0.133. The molecule has 1 heterocycles. The highest BCUT2D eigenvalue weighted by atomic mass is 16.5. The van der Waals surface area contributed by atoms with Crippen LogP contribution in [0.1, 0.15) is 33.9 Å². The number of hydrazone groups is 1. The number of nitrogens with zero attached hydrogens (tertiary/aromatic N) is 3. The summed E-state index contributed by atoms with van der Waals surface area (Å²) in [7, 11) is 6.38. The van der Waals surface area contributed by atoms with Crippen molar-refractivity contribution in [2.24, 2.45) is 5.10 Å². The maximum absolute atomic E-state index is 13.5. The molecule has 3 aromatic carbocycles. The van der Waals surface area contributed by atoms with E-state index in [0.717, 1.165) is 16.8 Å². The van der Waals surface area contributed by atoms with E-state index in [9.17, 15) is 9.59 Å². The average molecular weight is 488 g/mol. The largest absolute Gasteiger partial charge is 0.497 e. The third kappa shape index (κ3) is 5.17. The topological polar surface area (TPSA) is 80.7 Å². The number of carbonyl (C=O) groups excluding carboxylic acids is 2. The molecule has 1 aliphatic rings. The van der Waals surface area contributed by atoms with Crippen LogP contribution in [0.25, 0.3) is 0 Å². The Hall–Kier alpha value is -4.33. The van der Waals surface area contributed by atoms with Crippen LogP contribution in [0.4, 0.5) is 0 Å². The molecule has 0 saturated heterocycles. The number of para-hydroxylation sites is 1. The van der Waals surface area contributed by atoms with Crippen molar-refractivity contribution in [3.8, 4) is 17.2 Å². The van der Waals surface area contributed by atoms with Gasteiger partial charge in [0.1, 0.15) is 23.8 Å². The van der Waals surface area contributed by atoms with Crippen LogP contribution in [0.15, 0.2) is 77.9 Å². The van der Waals surface area contributed by atoms with Gasteiger partial charge in [0, 0.05) is 30.2 Å². The quantitative estimate of drug-likeness (QED) is 0.477. The highest BCUT2D eigenvalue weighted by Crippen LogP contribution is 2.37. The number of rotatable bonds is 8. The first-order chi connectivity index (χ1) is 17.4. The lowest BCUT2D eigenvalue weighted by Crippen LogP contribution is -2.39. The minimum Gasteiger partial charge on any atom is -0.497 e. The van der Waals surface area contributed by atoms with Crippen LogP contribution >= 0.6 is 0 Å². The Morgan fingerprint density at radius 3 is 2.33 bits per heavy atom. The van der Waals surface area contributed by atoms with Crippen LogP contribution in [-0.4, -0.2) is 62.4 Å². The molecule has 0 saturated carbocycles. The van der Waals surface area contributed by atoms with E-state index in [1.807, 2.05) is 48.5 Å². The predicted molar refractivity (Wildman–Crippen MR) is 137 cm³/mol. The molecule has 1 atom stereocenters. The normalized spacial score (nSPS) is 14.7. The zero-order valence-electron chi connectivity index (χ0n) is 20.8. The van der Waals surface area contributed by atoms with Gasteiger partial charge < -0.3 is 19.1 Å². The number of methoxy groups -OCH3 is 3. The number of hydrogen-bond acceptors (Lipinski definition) is 6. The van der Waals surface area contributed by atoms with E-state index < -0.39 is 0 Å². The highest BCUT2D eigenvalue weighted by Gasteiger charge is 2.35. The monoisotopic (exact) mass is 487 g/mol. The summed E-state index contributed by atoms with van der Waals surface area (Å²) in [6, 6.07) is 21.6. The minimum absolute atomic E-state index is 0.134. The van der Waals surface area contributed by atoms with Gasteiger partial charge in [-0.15, -0.1) is 0 Å². The van der Waals surface area contributed by atoms with Gasteiger partial charge in [-0.3, -0.25) is 9.59 Å². The number of benzene rings is 3. The fraction of sp³-hybridized carbons (Fsp3) is 0.250. The third-order valence-corrected chi connectivity index (χ3v) is 6.12. The fourth-order valence-corrected chi connectivity index (χ4v) is 4.20. The molecular formula is C28H29N3O5. The molecule has 0 radical (unpaired) electrons.